The Morgan fingerprint density at radius 3 is 2.42 bits per heavy atom. The smallest absolute Gasteiger partial charge is 0.367 e. The Bertz CT molecular complexity index is 1230. The molecule has 1 saturated heterocycles. The molecule has 36 heavy (non-hydrogen) atoms. The molecule has 1 fully saturated rings. The first-order chi connectivity index (χ1) is 16.8. The van der Waals surface area contributed by atoms with Crippen LogP contribution in [0.2, 0.25) is 0 Å². The van der Waals surface area contributed by atoms with Gasteiger partial charge in [0.05, 0.1) is 53.5 Å². The summed E-state index contributed by atoms with van der Waals surface area (Å²) in [4.78, 5) is 22.3. The van der Waals surface area contributed by atoms with E-state index in [1.807, 2.05) is 0 Å². The van der Waals surface area contributed by atoms with E-state index in [0.717, 1.165) is 11.0 Å². The molecule has 16 heteroatoms. The van der Waals surface area contributed by atoms with Crippen molar-refractivity contribution < 1.29 is 31.5 Å². The number of para-hydroxylation sites is 1. The highest BCUT2D eigenvalue weighted by atomic mass is 19.4. The monoisotopic (exact) mass is 503 g/mol. The van der Waals surface area contributed by atoms with Crippen molar-refractivity contribution >= 4 is 27.4 Å². The van der Waals surface area contributed by atoms with Gasteiger partial charge in [0.1, 0.15) is 21.5 Å². The second-order valence-electron chi connectivity index (χ2n) is 7.91. The minimum absolute atomic E-state index is 0.0850. The maximum absolute atomic E-state index is 14.8. The van der Waals surface area contributed by atoms with Crippen LogP contribution in [0.3, 0.4) is 0 Å². The molecule has 0 saturated carbocycles. The SMILES string of the molecule is [B]C1([B])N(C(=O)c2ccccc2-n2nccn2)C(CNc2cnc(C(F)(F)F)cn2)C(C)OC1(F)F. The van der Waals surface area contributed by atoms with Crippen molar-refractivity contribution in [1.82, 2.24) is 29.9 Å². The van der Waals surface area contributed by atoms with Crippen molar-refractivity contribution in [3.8, 4) is 5.69 Å². The highest BCUT2D eigenvalue weighted by Gasteiger charge is 2.60. The van der Waals surface area contributed by atoms with Crippen molar-refractivity contribution in [2.45, 2.75) is 36.7 Å². The average molecular weight is 503 g/mol. The lowest BCUT2D eigenvalue weighted by Gasteiger charge is -2.54. The summed E-state index contributed by atoms with van der Waals surface area (Å²) < 4.78 is 72.5. The number of carbonyl (C=O) groups is 1. The zero-order valence-corrected chi connectivity index (χ0v) is 18.5. The molecular weight excluding hydrogens is 487 g/mol. The van der Waals surface area contributed by atoms with Gasteiger partial charge in [-0.3, -0.25) is 4.79 Å². The van der Waals surface area contributed by atoms with E-state index < -0.39 is 41.4 Å². The summed E-state index contributed by atoms with van der Waals surface area (Å²) in [5.74, 6) is -1.09. The van der Waals surface area contributed by atoms with E-state index in [1.165, 1.54) is 37.5 Å². The molecule has 1 amide bonds. The number of nitrogens with zero attached hydrogens (tertiary/aromatic N) is 6. The molecule has 0 spiro atoms. The Balaban J connectivity index is 1.68. The summed E-state index contributed by atoms with van der Waals surface area (Å²) in [7, 11) is 11.6. The summed E-state index contributed by atoms with van der Waals surface area (Å²) in [5, 5.41) is 7.50. The summed E-state index contributed by atoms with van der Waals surface area (Å²) in [6, 6.07) is 4.74. The van der Waals surface area contributed by atoms with Crippen molar-refractivity contribution in [1.29, 1.82) is 0 Å². The zero-order valence-electron chi connectivity index (χ0n) is 18.5. The Morgan fingerprint density at radius 2 is 1.81 bits per heavy atom. The van der Waals surface area contributed by atoms with E-state index in [4.69, 9.17) is 20.4 Å². The maximum Gasteiger partial charge on any atom is 0.434 e. The van der Waals surface area contributed by atoms with Gasteiger partial charge in [-0.05, 0) is 19.1 Å². The van der Waals surface area contributed by atoms with Gasteiger partial charge < -0.3 is 15.0 Å². The first kappa shape index (κ1) is 25.5. The minimum Gasteiger partial charge on any atom is -0.367 e. The number of alkyl halides is 5. The van der Waals surface area contributed by atoms with Crippen molar-refractivity contribution in [3.05, 3.63) is 60.3 Å². The van der Waals surface area contributed by atoms with Crippen LogP contribution in [0.1, 0.15) is 23.0 Å². The van der Waals surface area contributed by atoms with Crippen LogP contribution in [0, 0.1) is 0 Å². The van der Waals surface area contributed by atoms with Gasteiger partial charge in [0.25, 0.3) is 5.91 Å². The molecule has 184 valence electrons. The number of nitrogens with one attached hydrogen (secondary N) is 1. The number of aromatic nitrogens is 5. The van der Waals surface area contributed by atoms with E-state index in [1.54, 1.807) is 6.07 Å². The molecule has 1 N–H and O–H groups in total. The van der Waals surface area contributed by atoms with Gasteiger partial charge in [0.2, 0.25) is 0 Å². The Labute approximate surface area is 203 Å². The Kier molecular flexibility index (Phi) is 6.49. The molecule has 2 aromatic heterocycles. The number of morpholine rings is 1. The fraction of sp³-hybridized carbons (Fsp3) is 0.350. The van der Waals surface area contributed by atoms with Crippen LogP contribution in [-0.2, 0) is 10.9 Å². The molecule has 1 aromatic carbocycles. The number of carbonyl (C=O) groups excluding carboxylic acids is 1. The average Bonchev–Trinajstić information content (AvgIpc) is 3.34. The first-order valence-electron chi connectivity index (χ1n) is 10.4. The predicted molar refractivity (Wildman–Crippen MR) is 117 cm³/mol. The number of rotatable bonds is 5. The van der Waals surface area contributed by atoms with Gasteiger partial charge in [-0.25, -0.2) is 9.97 Å². The summed E-state index contributed by atoms with van der Waals surface area (Å²) in [5.41, 5.74) is -1.13. The lowest BCUT2D eigenvalue weighted by molar-refractivity contribution is -0.319. The van der Waals surface area contributed by atoms with Gasteiger partial charge in [0.15, 0.2) is 5.69 Å². The number of halogens is 5. The fourth-order valence-electron chi connectivity index (χ4n) is 3.68. The first-order valence-corrected chi connectivity index (χ1v) is 10.4. The Morgan fingerprint density at radius 1 is 1.14 bits per heavy atom. The van der Waals surface area contributed by atoms with Crippen molar-refractivity contribution in [3.63, 3.8) is 0 Å². The largest absolute Gasteiger partial charge is 0.434 e. The molecule has 2 atom stereocenters. The molecule has 4 radical (unpaired) electrons. The van der Waals surface area contributed by atoms with Crippen LogP contribution in [0.15, 0.2) is 49.1 Å². The van der Waals surface area contributed by atoms with Crippen LogP contribution >= 0.6 is 0 Å². The normalized spacial score (nSPS) is 21.2. The fourth-order valence-corrected chi connectivity index (χ4v) is 3.68. The molecular formula is C20H16B2F5N7O2. The molecule has 1 aliphatic heterocycles. The number of ether oxygens (including phenoxy) is 1. The lowest BCUT2D eigenvalue weighted by Crippen LogP contribution is -2.74. The number of hydrogen-bond donors (Lipinski definition) is 1. The molecule has 0 aliphatic carbocycles. The van der Waals surface area contributed by atoms with Gasteiger partial charge in [-0.1, -0.05) is 12.1 Å². The molecule has 2 unspecified atom stereocenters. The quantitative estimate of drug-likeness (QED) is 0.421. The second kappa shape index (κ2) is 9.15. The molecule has 3 aromatic rings. The van der Waals surface area contributed by atoms with E-state index in [2.05, 4.69) is 25.5 Å². The van der Waals surface area contributed by atoms with Crippen LogP contribution in [0.4, 0.5) is 27.8 Å². The van der Waals surface area contributed by atoms with Crippen molar-refractivity contribution in [2.24, 2.45) is 0 Å². The summed E-state index contributed by atoms with van der Waals surface area (Å²) >= 11 is 0. The lowest BCUT2D eigenvalue weighted by atomic mass is 9.58. The number of benzene rings is 1. The topological polar surface area (TPSA) is 98.1 Å². The minimum atomic E-state index is -4.69. The van der Waals surface area contributed by atoms with E-state index in [9.17, 15) is 26.7 Å². The second-order valence-corrected chi connectivity index (χ2v) is 7.91. The van der Waals surface area contributed by atoms with Crippen molar-refractivity contribution in [2.75, 3.05) is 11.9 Å². The third-order valence-corrected chi connectivity index (χ3v) is 5.49. The standard InChI is InChI=1S/C20H16B2F5N7O2/c1-11-14(8-29-16-10-28-15(9-30-16)18(23,24)25)33(19(21,22)20(26,27)36-11)17(35)12-4-2-3-5-13(12)34-31-6-7-32-34/h2-7,9-11,14H,8H2,1H3,(H,29,30). The van der Waals surface area contributed by atoms with Crippen LogP contribution in [-0.4, -0.2) is 81.6 Å². The van der Waals surface area contributed by atoms with E-state index in [-0.39, 0.29) is 23.6 Å². The van der Waals surface area contributed by atoms with Crippen LogP contribution in [0.25, 0.3) is 5.69 Å². The summed E-state index contributed by atoms with van der Waals surface area (Å²) in [6.07, 6.45) is -6.11. The summed E-state index contributed by atoms with van der Waals surface area (Å²) in [6.45, 7) is 0.955. The number of amides is 1. The third kappa shape index (κ3) is 4.64. The van der Waals surface area contributed by atoms with E-state index >= 15 is 0 Å². The zero-order chi connectivity index (χ0) is 26.3. The van der Waals surface area contributed by atoms with Gasteiger partial charge in [0, 0.05) is 6.54 Å². The van der Waals surface area contributed by atoms with Crippen LogP contribution < -0.4 is 5.32 Å². The highest BCUT2D eigenvalue weighted by Crippen LogP contribution is 2.40. The Hall–Kier alpha value is -3.55. The highest BCUT2D eigenvalue weighted by molar-refractivity contribution is 6.42. The molecule has 3 heterocycles. The van der Waals surface area contributed by atoms with E-state index in [0.29, 0.717) is 11.1 Å². The van der Waals surface area contributed by atoms with Gasteiger partial charge in [-0.2, -0.15) is 36.9 Å². The predicted octanol–water partition coefficient (Wildman–Crippen LogP) is 2.00. The number of anilines is 1. The van der Waals surface area contributed by atoms with Gasteiger partial charge >= 0.3 is 12.3 Å². The molecule has 1 aliphatic rings. The molecule has 4 rings (SSSR count). The van der Waals surface area contributed by atoms with Crippen LogP contribution in [0.5, 0.6) is 0 Å². The molecule has 9 nitrogen and oxygen atoms in total. The maximum atomic E-state index is 14.8. The van der Waals surface area contributed by atoms with Gasteiger partial charge in [-0.15, -0.1) is 0 Å². The number of hydrogen-bond acceptors (Lipinski definition) is 7. The third-order valence-electron chi connectivity index (χ3n) is 5.49. The molecule has 0 bridgehead atoms.